The fourth-order valence-corrected chi connectivity index (χ4v) is 1.54. The largest absolute Gasteiger partial charge is 0.383 e. The van der Waals surface area contributed by atoms with Crippen LogP contribution >= 0.6 is 0 Å². The molecule has 2 aliphatic rings. The molecule has 66 valence electrons. The van der Waals surface area contributed by atoms with E-state index in [4.69, 9.17) is 5.26 Å². The molecule has 0 saturated heterocycles. The third-order valence-electron chi connectivity index (χ3n) is 2.24. The van der Waals surface area contributed by atoms with E-state index in [0.29, 0.717) is 0 Å². The van der Waals surface area contributed by atoms with Gasteiger partial charge in [-0.1, -0.05) is 12.2 Å². The van der Waals surface area contributed by atoms with Gasteiger partial charge in [-0.15, -0.1) is 0 Å². The van der Waals surface area contributed by atoms with E-state index in [1.54, 1.807) is 0 Å². The maximum atomic E-state index is 8.72. The van der Waals surface area contributed by atoms with Crippen LogP contribution in [0.2, 0.25) is 0 Å². The van der Waals surface area contributed by atoms with Gasteiger partial charge in [-0.25, -0.2) is 0 Å². The van der Waals surface area contributed by atoms with Crippen molar-refractivity contribution in [2.45, 2.75) is 12.1 Å². The van der Waals surface area contributed by atoms with Gasteiger partial charge >= 0.3 is 0 Å². The van der Waals surface area contributed by atoms with Crippen molar-refractivity contribution in [2.75, 3.05) is 6.54 Å². The number of rotatable bonds is 0. The van der Waals surface area contributed by atoms with Crippen molar-refractivity contribution >= 4 is 0 Å². The van der Waals surface area contributed by atoms with E-state index in [9.17, 15) is 0 Å². The molecule has 0 bridgehead atoms. The fourth-order valence-electron chi connectivity index (χ4n) is 1.54. The van der Waals surface area contributed by atoms with Crippen molar-refractivity contribution in [3.05, 3.63) is 36.1 Å². The molecule has 2 unspecified atom stereocenters. The van der Waals surface area contributed by atoms with E-state index < -0.39 is 0 Å². The van der Waals surface area contributed by atoms with Crippen molar-refractivity contribution in [3.63, 3.8) is 0 Å². The average molecular weight is 173 g/mol. The molecule has 0 aromatic heterocycles. The summed E-state index contributed by atoms with van der Waals surface area (Å²) in [6, 6.07) is 2.65. The highest BCUT2D eigenvalue weighted by Crippen LogP contribution is 2.11. The number of hydrogen-bond donors (Lipinski definition) is 2. The van der Waals surface area contributed by atoms with Crippen LogP contribution < -0.4 is 10.6 Å². The van der Waals surface area contributed by atoms with Crippen molar-refractivity contribution in [1.82, 2.24) is 10.6 Å². The van der Waals surface area contributed by atoms with Crippen LogP contribution in [0.25, 0.3) is 0 Å². The molecule has 0 aromatic rings. The molecule has 13 heavy (non-hydrogen) atoms. The Morgan fingerprint density at radius 2 is 2.38 bits per heavy atom. The van der Waals surface area contributed by atoms with E-state index in [1.807, 2.05) is 30.5 Å². The molecule has 0 saturated carbocycles. The molecule has 1 heterocycles. The Kier molecular flexibility index (Phi) is 2.15. The van der Waals surface area contributed by atoms with E-state index in [0.717, 1.165) is 12.1 Å². The van der Waals surface area contributed by atoms with Gasteiger partial charge < -0.3 is 10.6 Å². The number of nitrogens with zero attached hydrogens (tertiary/aromatic N) is 1. The summed E-state index contributed by atoms with van der Waals surface area (Å²) in [5.41, 5.74) is 0.734. The maximum absolute atomic E-state index is 8.72. The predicted molar refractivity (Wildman–Crippen MR) is 50.7 cm³/mol. The molecule has 0 fully saturated rings. The van der Waals surface area contributed by atoms with Crippen LogP contribution in [0, 0.1) is 11.3 Å². The third kappa shape index (κ3) is 1.63. The zero-order chi connectivity index (χ0) is 9.10. The van der Waals surface area contributed by atoms with E-state index in [2.05, 4.69) is 16.7 Å². The lowest BCUT2D eigenvalue weighted by molar-refractivity contribution is 0.541. The van der Waals surface area contributed by atoms with Gasteiger partial charge in [0.25, 0.3) is 0 Å². The zero-order valence-corrected chi connectivity index (χ0v) is 7.20. The lowest BCUT2D eigenvalue weighted by Gasteiger charge is -2.23. The second kappa shape index (κ2) is 3.46. The summed E-state index contributed by atoms with van der Waals surface area (Å²) < 4.78 is 0. The lowest BCUT2D eigenvalue weighted by atomic mass is 9.99. The van der Waals surface area contributed by atoms with Gasteiger partial charge in [0.05, 0.1) is 18.2 Å². The monoisotopic (exact) mass is 173 g/mol. The second-order valence-electron chi connectivity index (χ2n) is 3.12. The van der Waals surface area contributed by atoms with Crippen LogP contribution in [-0.4, -0.2) is 18.6 Å². The minimum atomic E-state index is 0.231. The first-order chi connectivity index (χ1) is 6.40. The molecule has 0 radical (unpaired) electrons. The van der Waals surface area contributed by atoms with Gasteiger partial charge in [0.1, 0.15) is 0 Å². The highest BCUT2D eigenvalue weighted by atomic mass is 15.0. The highest BCUT2D eigenvalue weighted by Gasteiger charge is 2.19. The Morgan fingerprint density at radius 3 is 3.23 bits per heavy atom. The Bertz CT molecular complexity index is 320. The molecule has 2 atom stereocenters. The minimum Gasteiger partial charge on any atom is -0.383 e. The normalized spacial score (nSPS) is 30.8. The molecule has 0 aromatic carbocycles. The fraction of sp³-hybridized carbons (Fsp3) is 0.300. The summed E-state index contributed by atoms with van der Waals surface area (Å²) in [5.74, 6) is 0. The molecule has 0 spiro atoms. The molecule has 0 amide bonds. The summed E-state index contributed by atoms with van der Waals surface area (Å²) in [4.78, 5) is 0. The van der Waals surface area contributed by atoms with Gasteiger partial charge in [-0.3, -0.25) is 0 Å². The first-order valence-corrected chi connectivity index (χ1v) is 4.35. The Hall–Kier alpha value is -1.53. The lowest BCUT2D eigenvalue weighted by Crippen LogP contribution is -2.43. The molecule has 1 aliphatic carbocycles. The first-order valence-electron chi connectivity index (χ1n) is 4.35. The average Bonchev–Trinajstić information content (AvgIpc) is 2.41. The number of fused-ring (bicyclic) bond motifs is 1. The topological polar surface area (TPSA) is 47.9 Å². The predicted octanol–water partition coefficient (Wildman–Crippen LogP) is 0.450. The smallest absolute Gasteiger partial charge is 0.0988 e. The van der Waals surface area contributed by atoms with Crippen LogP contribution in [-0.2, 0) is 0 Å². The molecule has 3 nitrogen and oxygen atoms in total. The summed E-state index contributed by atoms with van der Waals surface area (Å²) in [6.07, 6.45) is 9.82. The first kappa shape index (κ1) is 8.09. The summed E-state index contributed by atoms with van der Waals surface area (Å²) >= 11 is 0. The van der Waals surface area contributed by atoms with Crippen molar-refractivity contribution in [1.29, 1.82) is 5.26 Å². The number of allylic oxidation sites excluding steroid dienone is 2. The summed E-state index contributed by atoms with van der Waals surface area (Å²) in [6.45, 7) is 0.844. The van der Waals surface area contributed by atoms with Gasteiger partial charge in [0, 0.05) is 12.1 Å². The highest BCUT2D eigenvalue weighted by molar-refractivity contribution is 5.39. The number of hydrogen-bond acceptors (Lipinski definition) is 3. The van der Waals surface area contributed by atoms with E-state index >= 15 is 0 Å². The van der Waals surface area contributed by atoms with Crippen molar-refractivity contribution < 1.29 is 0 Å². The molecular formula is C10H11N3. The molecule has 1 aliphatic heterocycles. The Balaban J connectivity index is 2.18. The van der Waals surface area contributed by atoms with Crippen molar-refractivity contribution in [2.24, 2.45) is 0 Å². The summed E-state index contributed by atoms with van der Waals surface area (Å²) in [7, 11) is 0. The SMILES string of the molecule is N#CC1=CC2NCC=CNC2C=C1. The standard InChI is InChI=1S/C10H11N3/c11-7-8-2-3-9-10(6-8)13-5-1-4-12-9/h1-4,6,9-10,12-13H,5H2. The molecular weight excluding hydrogens is 162 g/mol. The Labute approximate surface area is 77.4 Å². The second-order valence-corrected chi connectivity index (χ2v) is 3.12. The quantitative estimate of drug-likeness (QED) is 0.559. The summed E-state index contributed by atoms with van der Waals surface area (Å²) in [5, 5.41) is 15.3. The molecule has 3 heteroatoms. The molecule has 2 N–H and O–H groups in total. The third-order valence-corrected chi connectivity index (χ3v) is 2.24. The number of nitrogens with one attached hydrogen (secondary N) is 2. The van der Waals surface area contributed by atoms with Crippen LogP contribution in [0.5, 0.6) is 0 Å². The maximum Gasteiger partial charge on any atom is 0.0988 e. The van der Waals surface area contributed by atoms with Gasteiger partial charge in [0.2, 0.25) is 0 Å². The van der Waals surface area contributed by atoms with Crippen LogP contribution in [0.1, 0.15) is 0 Å². The minimum absolute atomic E-state index is 0.231. The molecule has 2 rings (SSSR count). The number of nitriles is 1. The van der Waals surface area contributed by atoms with Crippen LogP contribution in [0.4, 0.5) is 0 Å². The van der Waals surface area contributed by atoms with Crippen LogP contribution in [0.15, 0.2) is 36.1 Å². The Morgan fingerprint density at radius 1 is 1.46 bits per heavy atom. The van der Waals surface area contributed by atoms with Crippen molar-refractivity contribution in [3.8, 4) is 6.07 Å². The van der Waals surface area contributed by atoms with E-state index in [-0.39, 0.29) is 12.1 Å². The van der Waals surface area contributed by atoms with Gasteiger partial charge in [-0.05, 0) is 18.4 Å². The van der Waals surface area contributed by atoms with E-state index in [1.165, 1.54) is 0 Å². The van der Waals surface area contributed by atoms with Gasteiger partial charge in [-0.2, -0.15) is 5.26 Å². The van der Waals surface area contributed by atoms with Crippen LogP contribution in [0.3, 0.4) is 0 Å². The van der Waals surface area contributed by atoms with Gasteiger partial charge in [0.15, 0.2) is 0 Å². The zero-order valence-electron chi connectivity index (χ0n) is 7.20.